The Morgan fingerprint density at radius 1 is 1.39 bits per heavy atom. The molecule has 18 heavy (non-hydrogen) atoms. The van der Waals surface area contributed by atoms with Crippen molar-refractivity contribution in [2.75, 3.05) is 40.3 Å². The Balaban J connectivity index is 1.68. The summed E-state index contributed by atoms with van der Waals surface area (Å²) in [5.74, 6) is -0.00347. The molecule has 5 nitrogen and oxygen atoms in total. The van der Waals surface area contributed by atoms with E-state index in [0.29, 0.717) is 0 Å². The summed E-state index contributed by atoms with van der Waals surface area (Å²) in [4.78, 5) is 14.0. The maximum atomic E-state index is 11.8. The highest BCUT2D eigenvalue weighted by Crippen LogP contribution is 2.35. The SMILES string of the molecule is CN(C)C1(CNC(=O)COC2(C)CNC2)CCC1. The molecule has 0 radical (unpaired) electrons. The highest BCUT2D eigenvalue weighted by atomic mass is 16.5. The summed E-state index contributed by atoms with van der Waals surface area (Å²) >= 11 is 0. The summed E-state index contributed by atoms with van der Waals surface area (Å²) in [6, 6.07) is 0. The normalized spacial score (nSPS) is 24.2. The third-order valence-electron chi connectivity index (χ3n) is 4.40. The van der Waals surface area contributed by atoms with Crippen LogP contribution in [0.15, 0.2) is 0 Å². The van der Waals surface area contributed by atoms with Crippen molar-refractivity contribution in [2.45, 2.75) is 37.3 Å². The molecule has 0 aromatic heterocycles. The second kappa shape index (κ2) is 5.15. The van der Waals surface area contributed by atoms with Gasteiger partial charge in [-0.25, -0.2) is 0 Å². The first-order valence-corrected chi connectivity index (χ1v) is 6.75. The standard InChI is InChI=1S/C13H25N3O2/c1-12(8-14-9-12)18-7-11(17)15-10-13(16(2)3)5-4-6-13/h14H,4-10H2,1-3H3,(H,15,17). The van der Waals surface area contributed by atoms with Crippen LogP contribution in [-0.4, -0.2) is 62.3 Å². The number of carbonyl (C=O) groups is 1. The molecule has 0 aromatic rings. The third-order valence-corrected chi connectivity index (χ3v) is 4.40. The van der Waals surface area contributed by atoms with Crippen molar-refractivity contribution < 1.29 is 9.53 Å². The second-order valence-corrected chi connectivity index (χ2v) is 6.09. The molecule has 2 N–H and O–H groups in total. The lowest BCUT2D eigenvalue weighted by Gasteiger charge is -2.47. The molecule has 1 heterocycles. The van der Waals surface area contributed by atoms with Gasteiger partial charge >= 0.3 is 0 Å². The van der Waals surface area contributed by atoms with E-state index in [2.05, 4.69) is 29.6 Å². The molecule has 0 spiro atoms. The van der Waals surface area contributed by atoms with E-state index in [-0.39, 0.29) is 23.7 Å². The lowest BCUT2D eigenvalue weighted by atomic mass is 9.75. The Morgan fingerprint density at radius 3 is 2.44 bits per heavy atom. The van der Waals surface area contributed by atoms with Crippen LogP contribution in [0.2, 0.25) is 0 Å². The molecule has 2 aliphatic rings. The maximum Gasteiger partial charge on any atom is 0.246 e. The molecule has 2 fully saturated rings. The van der Waals surface area contributed by atoms with Crippen LogP contribution in [0.5, 0.6) is 0 Å². The van der Waals surface area contributed by atoms with Crippen LogP contribution in [0.1, 0.15) is 26.2 Å². The first-order chi connectivity index (χ1) is 8.46. The van der Waals surface area contributed by atoms with E-state index in [0.717, 1.165) is 19.6 Å². The van der Waals surface area contributed by atoms with Gasteiger partial charge in [0.15, 0.2) is 0 Å². The number of rotatable bonds is 6. The van der Waals surface area contributed by atoms with Crippen LogP contribution in [0.25, 0.3) is 0 Å². The number of nitrogens with zero attached hydrogens (tertiary/aromatic N) is 1. The third kappa shape index (κ3) is 2.84. The fraction of sp³-hybridized carbons (Fsp3) is 0.923. The van der Waals surface area contributed by atoms with E-state index in [1.54, 1.807) is 0 Å². The summed E-state index contributed by atoms with van der Waals surface area (Å²) in [5, 5.41) is 6.15. The fourth-order valence-electron chi connectivity index (χ4n) is 2.50. The number of ether oxygens (including phenoxy) is 1. The smallest absolute Gasteiger partial charge is 0.246 e. The van der Waals surface area contributed by atoms with Crippen molar-refractivity contribution >= 4 is 5.91 Å². The number of hydrogen-bond donors (Lipinski definition) is 2. The number of carbonyl (C=O) groups excluding carboxylic acids is 1. The van der Waals surface area contributed by atoms with Gasteiger partial charge in [0.1, 0.15) is 6.61 Å². The van der Waals surface area contributed by atoms with Gasteiger partial charge in [-0.1, -0.05) is 0 Å². The van der Waals surface area contributed by atoms with Gasteiger partial charge in [0.2, 0.25) is 5.91 Å². The summed E-state index contributed by atoms with van der Waals surface area (Å²) in [7, 11) is 4.17. The largest absolute Gasteiger partial charge is 0.363 e. The zero-order valence-corrected chi connectivity index (χ0v) is 11.7. The van der Waals surface area contributed by atoms with E-state index < -0.39 is 0 Å². The number of hydrogen-bond acceptors (Lipinski definition) is 4. The average Bonchev–Trinajstić information content (AvgIpc) is 2.21. The van der Waals surface area contributed by atoms with Gasteiger partial charge in [-0.05, 0) is 40.3 Å². The van der Waals surface area contributed by atoms with Gasteiger partial charge in [0, 0.05) is 25.2 Å². The van der Waals surface area contributed by atoms with Crippen molar-refractivity contribution in [3.8, 4) is 0 Å². The van der Waals surface area contributed by atoms with Crippen molar-refractivity contribution in [3.63, 3.8) is 0 Å². The Morgan fingerprint density at radius 2 is 2.06 bits per heavy atom. The molecule has 2 rings (SSSR count). The van der Waals surface area contributed by atoms with Gasteiger partial charge in [-0.15, -0.1) is 0 Å². The average molecular weight is 255 g/mol. The number of amides is 1. The number of nitrogens with one attached hydrogen (secondary N) is 2. The van der Waals surface area contributed by atoms with Gasteiger partial charge in [0.25, 0.3) is 0 Å². The monoisotopic (exact) mass is 255 g/mol. The molecule has 0 unspecified atom stereocenters. The molecule has 1 aliphatic heterocycles. The Bertz CT molecular complexity index is 309. The quantitative estimate of drug-likeness (QED) is 0.699. The highest BCUT2D eigenvalue weighted by molar-refractivity contribution is 5.77. The molecule has 104 valence electrons. The predicted octanol–water partition coefficient (Wildman–Crippen LogP) is -0.0346. The molecule has 0 aromatic carbocycles. The van der Waals surface area contributed by atoms with E-state index in [9.17, 15) is 4.79 Å². The van der Waals surface area contributed by atoms with Crippen molar-refractivity contribution in [3.05, 3.63) is 0 Å². The first kappa shape index (κ1) is 13.8. The highest BCUT2D eigenvalue weighted by Gasteiger charge is 2.39. The lowest BCUT2D eigenvalue weighted by Crippen LogP contribution is -2.60. The fourth-order valence-corrected chi connectivity index (χ4v) is 2.50. The minimum Gasteiger partial charge on any atom is -0.363 e. The van der Waals surface area contributed by atoms with Crippen LogP contribution in [0, 0.1) is 0 Å². The zero-order chi connectivity index (χ0) is 13.2. The van der Waals surface area contributed by atoms with Crippen molar-refractivity contribution in [2.24, 2.45) is 0 Å². The molecule has 0 bridgehead atoms. The zero-order valence-electron chi connectivity index (χ0n) is 11.7. The molecule has 1 aliphatic carbocycles. The molecule has 5 heteroatoms. The molecule has 1 saturated carbocycles. The Kier molecular flexibility index (Phi) is 3.94. The van der Waals surface area contributed by atoms with Gasteiger partial charge in [-0.2, -0.15) is 0 Å². The van der Waals surface area contributed by atoms with Crippen LogP contribution in [-0.2, 0) is 9.53 Å². The summed E-state index contributed by atoms with van der Waals surface area (Å²) in [5.41, 5.74) is 0.0324. The van der Waals surface area contributed by atoms with E-state index >= 15 is 0 Å². The Hall–Kier alpha value is -0.650. The minimum atomic E-state index is -0.146. The summed E-state index contributed by atoms with van der Waals surface area (Å²) in [6.45, 7) is 4.60. The molecule has 1 amide bonds. The van der Waals surface area contributed by atoms with Gasteiger partial charge in [0.05, 0.1) is 5.60 Å². The van der Waals surface area contributed by atoms with Crippen LogP contribution in [0.3, 0.4) is 0 Å². The summed E-state index contributed by atoms with van der Waals surface area (Å²) < 4.78 is 5.62. The topological polar surface area (TPSA) is 53.6 Å². The molecule has 0 atom stereocenters. The van der Waals surface area contributed by atoms with Crippen LogP contribution in [0.4, 0.5) is 0 Å². The maximum absolute atomic E-state index is 11.8. The first-order valence-electron chi connectivity index (χ1n) is 6.75. The molecular weight excluding hydrogens is 230 g/mol. The predicted molar refractivity (Wildman–Crippen MR) is 70.5 cm³/mol. The number of likely N-dealkylation sites (N-methyl/N-ethyl adjacent to an activating group) is 1. The second-order valence-electron chi connectivity index (χ2n) is 6.09. The van der Waals surface area contributed by atoms with E-state index in [1.807, 2.05) is 6.92 Å². The van der Waals surface area contributed by atoms with Crippen LogP contribution >= 0.6 is 0 Å². The van der Waals surface area contributed by atoms with E-state index in [1.165, 1.54) is 19.3 Å². The molecule has 1 saturated heterocycles. The summed E-state index contributed by atoms with van der Waals surface area (Å²) in [6.07, 6.45) is 3.60. The van der Waals surface area contributed by atoms with Crippen LogP contribution < -0.4 is 10.6 Å². The van der Waals surface area contributed by atoms with Crippen molar-refractivity contribution in [1.29, 1.82) is 0 Å². The lowest BCUT2D eigenvalue weighted by molar-refractivity contribution is -0.136. The van der Waals surface area contributed by atoms with Gasteiger partial charge in [-0.3, -0.25) is 4.79 Å². The van der Waals surface area contributed by atoms with E-state index in [4.69, 9.17) is 4.74 Å². The molecular formula is C13H25N3O2. The van der Waals surface area contributed by atoms with Crippen molar-refractivity contribution in [1.82, 2.24) is 15.5 Å². The Labute approximate surface area is 109 Å². The van der Waals surface area contributed by atoms with Gasteiger partial charge < -0.3 is 20.3 Å². The minimum absolute atomic E-state index is 0.00347.